The van der Waals surface area contributed by atoms with Crippen LogP contribution in [0.2, 0.25) is 0 Å². The first-order valence-corrected chi connectivity index (χ1v) is 15.6. The molecule has 47 heavy (non-hydrogen) atoms. The number of nitrogens with zero attached hydrogens (tertiary/aromatic N) is 1. The van der Waals surface area contributed by atoms with Gasteiger partial charge in [0.15, 0.2) is 5.96 Å². The molecule has 0 aliphatic rings. The molecule has 0 bridgehead atoms. The standard InChI is InChI=1S/C32H49N9O6/c1-17(2)12-24(27(34)43)39-29(45)23(10-7-11-37-32(35)36)38-30(46)25(13-18(3)4)40-31(47)26(16-42)41-28(44)22-15-20(33)14-19-8-5-6-9-21(19)22/h5-6,8-9,14-15,17-18,23-26,42H,7,10-13,16,33H2,1-4H3,(H2,34,43)(H,38,46)(H,39,45)(H,40,47)(H,41,44)(H4,35,36,37)/t23-,24-,25-,26-/m0/s1. The van der Waals surface area contributed by atoms with Gasteiger partial charge in [0.1, 0.15) is 24.2 Å². The van der Waals surface area contributed by atoms with Gasteiger partial charge in [-0.2, -0.15) is 0 Å². The van der Waals surface area contributed by atoms with Gasteiger partial charge in [-0.05, 0) is 60.4 Å². The Morgan fingerprint density at radius 2 is 1.32 bits per heavy atom. The minimum Gasteiger partial charge on any atom is -0.399 e. The van der Waals surface area contributed by atoms with Crippen LogP contribution < -0.4 is 44.2 Å². The second kappa shape index (κ2) is 18.3. The summed E-state index contributed by atoms with van der Waals surface area (Å²) >= 11 is 0. The number of guanidine groups is 1. The third kappa shape index (κ3) is 12.4. The first-order chi connectivity index (χ1) is 22.1. The molecule has 5 amide bonds. The van der Waals surface area contributed by atoms with Gasteiger partial charge in [0, 0.05) is 17.8 Å². The predicted octanol–water partition coefficient (Wildman–Crippen LogP) is -0.402. The molecule has 0 aliphatic heterocycles. The predicted molar refractivity (Wildman–Crippen MR) is 181 cm³/mol. The molecule has 0 fully saturated rings. The summed E-state index contributed by atoms with van der Waals surface area (Å²) in [5.41, 5.74) is 22.8. The minimum absolute atomic E-state index is 0.0475. The van der Waals surface area contributed by atoms with Crippen molar-refractivity contribution >= 4 is 52.0 Å². The minimum atomic E-state index is -1.41. The van der Waals surface area contributed by atoms with Gasteiger partial charge in [-0.3, -0.25) is 29.0 Å². The zero-order chi connectivity index (χ0) is 35.3. The van der Waals surface area contributed by atoms with Crippen LogP contribution in [0.5, 0.6) is 0 Å². The zero-order valence-electron chi connectivity index (χ0n) is 27.4. The summed E-state index contributed by atoms with van der Waals surface area (Å²) in [5.74, 6) is -3.65. The first-order valence-electron chi connectivity index (χ1n) is 15.6. The number of carbonyl (C=O) groups excluding carboxylic acids is 5. The highest BCUT2D eigenvalue weighted by molar-refractivity contribution is 6.09. The lowest BCUT2D eigenvalue weighted by molar-refractivity contribution is -0.134. The summed E-state index contributed by atoms with van der Waals surface area (Å²) in [7, 11) is 0. The molecule has 0 aliphatic carbocycles. The first kappa shape index (κ1) is 38.3. The molecule has 0 saturated heterocycles. The van der Waals surface area contributed by atoms with E-state index in [9.17, 15) is 29.1 Å². The molecule has 0 heterocycles. The van der Waals surface area contributed by atoms with Crippen molar-refractivity contribution in [3.8, 4) is 0 Å². The quantitative estimate of drug-likeness (QED) is 0.0437. The van der Waals surface area contributed by atoms with E-state index < -0.39 is 60.3 Å². The van der Waals surface area contributed by atoms with E-state index >= 15 is 0 Å². The van der Waals surface area contributed by atoms with Crippen molar-refractivity contribution in [2.45, 2.75) is 77.5 Å². The van der Waals surface area contributed by atoms with E-state index in [2.05, 4.69) is 26.3 Å². The van der Waals surface area contributed by atoms with Crippen molar-refractivity contribution < 1.29 is 29.1 Å². The Balaban J connectivity index is 2.25. The number of rotatable bonds is 18. The van der Waals surface area contributed by atoms with Crippen LogP contribution in [-0.4, -0.2) is 77.9 Å². The van der Waals surface area contributed by atoms with Gasteiger partial charge in [-0.1, -0.05) is 52.0 Å². The third-order valence-corrected chi connectivity index (χ3v) is 7.22. The number of aliphatic hydroxyl groups is 1. The highest BCUT2D eigenvalue weighted by Gasteiger charge is 2.31. The average molecular weight is 656 g/mol. The number of nitrogens with two attached hydrogens (primary N) is 4. The number of aliphatic imine (C=N–C) groups is 1. The molecule has 2 aromatic rings. The number of nitrogen functional groups attached to an aromatic ring is 1. The fraction of sp³-hybridized carbons (Fsp3) is 0.500. The van der Waals surface area contributed by atoms with Gasteiger partial charge in [-0.25, -0.2) is 0 Å². The number of carbonyl (C=O) groups is 5. The van der Waals surface area contributed by atoms with Gasteiger partial charge in [0.25, 0.3) is 5.91 Å². The van der Waals surface area contributed by atoms with Crippen molar-refractivity contribution in [2.24, 2.45) is 34.0 Å². The van der Waals surface area contributed by atoms with Crippen LogP contribution in [0.3, 0.4) is 0 Å². The molecule has 4 atom stereocenters. The molecular formula is C32H49N9O6. The Kier molecular flexibility index (Phi) is 14.9. The fourth-order valence-corrected chi connectivity index (χ4v) is 4.96. The second-order valence-electron chi connectivity index (χ2n) is 12.3. The molecule has 2 aromatic carbocycles. The molecule has 0 radical (unpaired) electrons. The fourth-order valence-electron chi connectivity index (χ4n) is 4.96. The number of hydrogen-bond donors (Lipinski definition) is 9. The van der Waals surface area contributed by atoms with Gasteiger partial charge >= 0.3 is 0 Å². The summed E-state index contributed by atoms with van der Waals surface area (Å²) < 4.78 is 0. The van der Waals surface area contributed by atoms with Crippen molar-refractivity contribution in [1.29, 1.82) is 0 Å². The maximum absolute atomic E-state index is 13.6. The van der Waals surface area contributed by atoms with E-state index in [1.54, 1.807) is 30.3 Å². The number of fused-ring (bicyclic) bond motifs is 1. The van der Waals surface area contributed by atoms with E-state index in [0.717, 1.165) is 5.39 Å². The van der Waals surface area contributed by atoms with Gasteiger partial charge < -0.3 is 49.3 Å². The zero-order valence-corrected chi connectivity index (χ0v) is 27.4. The number of nitrogens with one attached hydrogen (secondary N) is 4. The molecule has 13 N–H and O–H groups in total. The summed E-state index contributed by atoms with van der Waals surface area (Å²) in [4.78, 5) is 69.4. The van der Waals surface area contributed by atoms with Crippen molar-refractivity contribution in [3.05, 3.63) is 42.0 Å². The molecule has 15 nitrogen and oxygen atoms in total. The second-order valence-corrected chi connectivity index (χ2v) is 12.3. The molecule has 0 spiro atoms. The summed E-state index contributed by atoms with van der Waals surface area (Å²) in [5, 5.41) is 21.8. The van der Waals surface area contributed by atoms with Crippen molar-refractivity contribution in [3.63, 3.8) is 0 Å². The topological polar surface area (TPSA) is 270 Å². The third-order valence-electron chi connectivity index (χ3n) is 7.22. The SMILES string of the molecule is CC(C)C[C@H](NC(=O)[C@H](CCCN=C(N)N)NC(=O)[C@H](CC(C)C)NC(=O)[C@H](CO)NC(=O)c1cc(N)cc2ccccc12)C(N)=O. The highest BCUT2D eigenvalue weighted by atomic mass is 16.3. The van der Waals surface area contributed by atoms with E-state index in [4.69, 9.17) is 22.9 Å². The van der Waals surface area contributed by atoms with Crippen LogP contribution in [0.4, 0.5) is 5.69 Å². The Morgan fingerprint density at radius 3 is 1.91 bits per heavy atom. The molecule has 258 valence electrons. The van der Waals surface area contributed by atoms with E-state index in [0.29, 0.717) is 23.9 Å². The molecule has 2 rings (SSSR count). The smallest absolute Gasteiger partial charge is 0.252 e. The molecular weight excluding hydrogens is 606 g/mol. The Bertz CT molecular complexity index is 1440. The monoisotopic (exact) mass is 655 g/mol. The van der Waals surface area contributed by atoms with E-state index in [-0.39, 0.29) is 42.7 Å². The highest BCUT2D eigenvalue weighted by Crippen LogP contribution is 2.22. The number of aliphatic hydroxyl groups excluding tert-OH is 1. The van der Waals surface area contributed by atoms with Crippen LogP contribution in [0.1, 0.15) is 63.7 Å². The number of hydrogen-bond acceptors (Lipinski definition) is 8. The number of benzene rings is 2. The normalized spacial score (nSPS) is 13.7. The largest absolute Gasteiger partial charge is 0.399 e. The number of primary amides is 1. The number of amides is 5. The Labute approximate surface area is 274 Å². The Hall–Kier alpha value is -4.92. The van der Waals surface area contributed by atoms with Crippen LogP contribution in [0, 0.1) is 11.8 Å². The van der Waals surface area contributed by atoms with Crippen LogP contribution in [0.25, 0.3) is 10.8 Å². The number of anilines is 1. The molecule has 15 heteroatoms. The van der Waals surface area contributed by atoms with Crippen LogP contribution in [0.15, 0.2) is 41.4 Å². The lowest BCUT2D eigenvalue weighted by Crippen LogP contribution is -2.58. The molecule has 0 saturated carbocycles. The summed E-state index contributed by atoms with van der Waals surface area (Å²) in [6.07, 6.45) is 0.873. The summed E-state index contributed by atoms with van der Waals surface area (Å²) in [6, 6.07) is 5.64. The van der Waals surface area contributed by atoms with Gasteiger partial charge in [-0.15, -0.1) is 0 Å². The Morgan fingerprint density at radius 1 is 0.766 bits per heavy atom. The lowest BCUT2D eigenvalue weighted by atomic mass is 10.0. The van der Waals surface area contributed by atoms with E-state index in [1.807, 2.05) is 27.7 Å². The molecule has 0 unspecified atom stereocenters. The maximum Gasteiger partial charge on any atom is 0.252 e. The van der Waals surface area contributed by atoms with E-state index in [1.165, 1.54) is 6.07 Å². The summed E-state index contributed by atoms with van der Waals surface area (Å²) in [6.45, 7) is 6.84. The van der Waals surface area contributed by atoms with Crippen LogP contribution >= 0.6 is 0 Å². The average Bonchev–Trinajstić information content (AvgIpc) is 2.99. The molecule has 0 aromatic heterocycles. The van der Waals surface area contributed by atoms with Gasteiger partial charge in [0.2, 0.25) is 23.6 Å². The van der Waals surface area contributed by atoms with Crippen molar-refractivity contribution in [1.82, 2.24) is 21.3 Å². The van der Waals surface area contributed by atoms with Gasteiger partial charge in [0.05, 0.1) is 6.61 Å². The van der Waals surface area contributed by atoms with Crippen LogP contribution in [-0.2, 0) is 19.2 Å². The maximum atomic E-state index is 13.6. The van der Waals surface area contributed by atoms with Crippen molar-refractivity contribution in [2.75, 3.05) is 18.9 Å². The lowest BCUT2D eigenvalue weighted by Gasteiger charge is -2.27.